The molecule has 0 aromatic heterocycles. The lowest BCUT2D eigenvalue weighted by atomic mass is 9.73. The number of hydrogen-bond donors (Lipinski definition) is 1. The van der Waals surface area contributed by atoms with Crippen molar-refractivity contribution >= 4 is 21.6 Å². The lowest BCUT2D eigenvalue weighted by Gasteiger charge is -2.38. The Morgan fingerprint density at radius 2 is 2.04 bits per heavy atom. The number of aliphatic imine (C=N–C) groups is 1. The number of nitrogens with zero attached hydrogens (tertiary/aromatic N) is 1. The molecule has 1 spiro atoms. The molecule has 27 heavy (non-hydrogen) atoms. The minimum absolute atomic E-state index is 0.0570. The van der Waals surface area contributed by atoms with Gasteiger partial charge in [0.05, 0.1) is 5.41 Å². The van der Waals surface area contributed by atoms with Crippen LogP contribution in [0.25, 0.3) is 0 Å². The molecule has 3 aliphatic rings. The van der Waals surface area contributed by atoms with Gasteiger partial charge in [-0.15, -0.1) is 10.5 Å². The van der Waals surface area contributed by atoms with E-state index in [4.69, 9.17) is 0 Å². The third-order valence-corrected chi connectivity index (χ3v) is 8.99. The van der Waals surface area contributed by atoms with Crippen LogP contribution in [0, 0.1) is 5.41 Å². The largest absolute Gasteiger partial charge is 0.309 e. The van der Waals surface area contributed by atoms with Crippen molar-refractivity contribution in [1.29, 1.82) is 0 Å². The molecule has 142 valence electrons. The second-order valence-electron chi connectivity index (χ2n) is 7.85. The van der Waals surface area contributed by atoms with Crippen LogP contribution in [0.2, 0.25) is 0 Å². The van der Waals surface area contributed by atoms with Gasteiger partial charge in [-0.2, -0.15) is 0 Å². The van der Waals surface area contributed by atoms with Crippen molar-refractivity contribution in [2.45, 2.75) is 50.0 Å². The SMILES string of the molecule is CCCC[C@]1(CC)CS(c2ccccc2)=C2C=CC=C3C=NC=CC32CN1. The fourth-order valence-electron chi connectivity index (χ4n) is 4.47. The highest BCUT2D eigenvalue weighted by Crippen LogP contribution is 2.47. The summed E-state index contributed by atoms with van der Waals surface area (Å²) in [4.78, 5) is 7.45. The monoisotopic (exact) mass is 378 g/mol. The number of allylic oxidation sites excluding steroid dienone is 3. The Morgan fingerprint density at radius 1 is 1.19 bits per heavy atom. The average Bonchev–Trinajstić information content (AvgIpc) is 2.88. The van der Waals surface area contributed by atoms with Gasteiger partial charge in [-0.25, -0.2) is 0 Å². The molecular weight excluding hydrogens is 348 g/mol. The highest BCUT2D eigenvalue weighted by atomic mass is 32.2. The quantitative estimate of drug-likeness (QED) is 0.671. The molecule has 0 bridgehead atoms. The predicted octanol–water partition coefficient (Wildman–Crippen LogP) is 5.51. The Balaban J connectivity index is 1.89. The number of unbranched alkanes of at least 4 members (excludes halogenated alkanes) is 1. The van der Waals surface area contributed by atoms with E-state index in [0.717, 1.165) is 6.54 Å². The first-order chi connectivity index (χ1) is 13.2. The topological polar surface area (TPSA) is 24.4 Å². The Hall–Kier alpha value is -1.71. The second-order valence-corrected chi connectivity index (χ2v) is 9.83. The van der Waals surface area contributed by atoms with Gasteiger partial charge in [0.15, 0.2) is 0 Å². The fourth-order valence-corrected chi connectivity index (χ4v) is 7.47. The number of benzene rings is 1. The Kier molecular flexibility index (Phi) is 5.34. The van der Waals surface area contributed by atoms with Gasteiger partial charge in [-0.3, -0.25) is 4.99 Å². The van der Waals surface area contributed by atoms with Crippen LogP contribution >= 0.6 is 10.5 Å². The maximum Gasteiger partial charge on any atom is 0.0594 e. The molecule has 4 rings (SSSR count). The summed E-state index contributed by atoms with van der Waals surface area (Å²) >= 11 is 0. The number of nitrogens with one attached hydrogen (secondary N) is 1. The van der Waals surface area contributed by atoms with Gasteiger partial charge in [0, 0.05) is 35.1 Å². The Labute approximate surface area is 166 Å². The second kappa shape index (κ2) is 7.73. The summed E-state index contributed by atoms with van der Waals surface area (Å²) in [6.07, 6.45) is 18.2. The molecule has 0 amide bonds. The van der Waals surface area contributed by atoms with Crippen molar-refractivity contribution < 1.29 is 0 Å². The van der Waals surface area contributed by atoms with E-state index in [1.165, 1.54) is 41.9 Å². The molecule has 1 aromatic rings. The van der Waals surface area contributed by atoms with E-state index in [9.17, 15) is 0 Å². The molecule has 1 N–H and O–H groups in total. The zero-order valence-corrected chi connectivity index (χ0v) is 17.3. The van der Waals surface area contributed by atoms with E-state index in [2.05, 4.69) is 85.0 Å². The van der Waals surface area contributed by atoms with E-state index in [-0.39, 0.29) is 21.4 Å². The van der Waals surface area contributed by atoms with Crippen molar-refractivity contribution in [3.63, 3.8) is 0 Å². The summed E-state index contributed by atoms with van der Waals surface area (Å²) < 4.78 is 0. The van der Waals surface area contributed by atoms with Crippen molar-refractivity contribution in [3.05, 3.63) is 66.4 Å². The highest BCUT2D eigenvalue weighted by molar-refractivity contribution is 8.16. The third-order valence-electron chi connectivity index (χ3n) is 6.28. The molecule has 2 heterocycles. The van der Waals surface area contributed by atoms with Crippen LogP contribution in [0.3, 0.4) is 0 Å². The van der Waals surface area contributed by atoms with Crippen LogP contribution in [0.5, 0.6) is 0 Å². The molecule has 3 atom stereocenters. The van der Waals surface area contributed by atoms with E-state index in [1.807, 2.05) is 6.20 Å². The zero-order chi connectivity index (χ0) is 18.7. The summed E-state index contributed by atoms with van der Waals surface area (Å²) in [6, 6.07) is 11.1. The Morgan fingerprint density at radius 3 is 2.81 bits per heavy atom. The summed E-state index contributed by atoms with van der Waals surface area (Å²) in [5.74, 6) is 1.19. The van der Waals surface area contributed by atoms with Gasteiger partial charge >= 0.3 is 0 Å². The van der Waals surface area contributed by atoms with Gasteiger partial charge in [0.1, 0.15) is 0 Å². The standard InChI is InChI=1S/C24H30N2S/c1-3-5-14-23(4-2)19-27(21-11-7-6-8-12-21)22-13-9-10-20-17-25-16-15-24(20,22)18-26-23/h6-13,15-17,26H,3-5,14,18-19H2,1-2H3/t23-,24?,27?/m1/s1. The molecule has 0 fully saturated rings. The molecule has 2 aliphatic heterocycles. The van der Waals surface area contributed by atoms with Crippen LogP contribution in [0.15, 0.2) is 76.3 Å². The van der Waals surface area contributed by atoms with Gasteiger partial charge in [-0.1, -0.05) is 63.1 Å². The smallest absolute Gasteiger partial charge is 0.0594 e. The predicted molar refractivity (Wildman–Crippen MR) is 120 cm³/mol. The molecule has 1 aliphatic carbocycles. The lowest BCUT2D eigenvalue weighted by Crippen LogP contribution is -2.51. The van der Waals surface area contributed by atoms with Crippen LogP contribution < -0.4 is 5.32 Å². The first-order valence-electron chi connectivity index (χ1n) is 10.2. The molecule has 2 unspecified atom stereocenters. The van der Waals surface area contributed by atoms with E-state index in [1.54, 1.807) is 4.86 Å². The molecule has 0 saturated carbocycles. The molecule has 2 nitrogen and oxygen atoms in total. The molecule has 0 saturated heterocycles. The summed E-state index contributed by atoms with van der Waals surface area (Å²) in [6.45, 7) is 5.63. The summed E-state index contributed by atoms with van der Waals surface area (Å²) in [5.41, 5.74) is 1.47. The van der Waals surface area contributed by atoms with E-state index in [0.29, 0.717) is 0 Å². The molecule has 1 aromatic carbocycles. The average molecular weight is 379 g/mol. The molecular formula is C24H30N2S. The lowest BCUT2D eigenvalue weighted by molar-refractivity contribution is 0.304. The van der Waals surface area contributed by atoms with Gasteiger partial charge < -0.3 is 5.32 Å². The van der Waals surface area contributed by atoms with Crippen molar-refractivity contribution in [2.24, 2.45) is 10.4 Å². The highest BCUT2D eigenvalue weighted by Gasteiger charge is 2.44. The Bertz CT molecular complexity index is 846. The van der Waals surface area contributed by atoms with Gasteiger partial charge in [-0.05, 0) is 41.5 Å². The summed E-state index contributed by atoms with van der Waals surface area (Å²) in [7, 11) is 0.0713. The number of rotatable bonds is 5. The van der Waals surface area contributed by atoms with Gasteiger partial charge in [0.25, 0.3) is 0 Å². The van der Waals surface area contributed by atoms with Crippen LogP contribution in [0.4, 0.5) is 0 Å². The number of hydrogen-bond acceptors (Lipinski definition) is 2. The van der Waals surface area contributed by atoms with E-state index >= 15 is 0 Å². The van der Waals surface area contributed by atoms with Crippen molar-refractivity contribution in [1.82, 2.24) is 5.32 Å². The van der Waals surface area contributed by atoms with Gasteiger partial charge in [0.2, 0.25) is 0 Å². The fraction of sp³-hybridized carbons (Fsp3) is 0.417. The van der Waals surface area contributed by atoms with Crippen LogP contribution in [0.1, 0.15) is 39.5 Å². The minimum Gasteiger partial charge on any atom is -0.309 e. The normalized spacial score (nSPS) is 31.9. The van der Waals surface area contributed by atoms with Crippen molar-refractivity contribution in [3.8, 4) is 0 Å². The van der Waals surface area contributed by atoms with Crippen molar-refractivity contribution in [2.75, 3.05) is 12.3 Å². The van der Waals surface area contributed by atoms with E-state index < -0.39 is 0 Å². The van der Waals surface area contributed by atoms with Crippen LogP contribution in [-0.2, 0) is 0 Å². The maximum atomic E-state index is 4.44. The first kappa shape index (κ1) is 18.6. The molecule has 0 radical (unpaired) electrons. The molecule has 3 heteroatoms. The van der Waals surface area contributed by atoms with Crippen LogP contribution in [-0.4, -0.2) is 28.9 Å². The maximum absolute atomic E-state index is 4.44. The zero-order valence-electron chi connectivity index (χ0n) is 16.4. The minimum atomic E-state index is -0.0570. The first-order valence-corrected chi connectivity index (χ1v) is 11.6. The summed E-state index contributed by atoms with van der Waals surface area (Å²) in [5, 5.41) is 4.07. The third kappa shape index (κ3) is 3.32.